The lowest BCUT2D eigenvalue weighted by atomic mass is 10.1. The molecular formula is C9H20N2O2. The maximum atomic E-state index is 11.2. The maximum Gasteiger partial charge on any atom is 0.260 e. The molecule has 0 spiro atoms. The molecule has 0 bridgehead atoms. The van der Waals surface area contributed by atoms with Gasteiger partial charge in [0, 0.05) is 0 Å². The summed E-state index contributed by atoms with van der Waals surface area (Å²) in [4.78, 5) is 16.2. The predicted octanol–water partition coefficient (Wildman–Crippen LogP) is 0.673. The minimum Gasteiger partial charge on any atom is -0.320 e. The summed E-state index contributed by atoms with van der Waals surface area (Å²) < 4.78 is 0. The molecule has 13 heavy (non-hydrogen) atoms. The Bertz CT molecular complexity index is 158. The van der Waals surface area contributed by atoms with E-state index in [9.17, 15) is 4.79 Å². The Morgan fingerprint density at radius 3 is 2.31 bits per heavy atom. The highest BCUT2D eigenvalue weighted by Gasteiger charge is 2.16. The van der Waals surface area contributed by atoms with Crippen molar-refractivity contribution in [2.24, 2.45) is 17.6 Å². The first kappa shape index (κ1) is 12.4. The summed E-state index contributed by atoms with van der Waals surface area (Å²) in [7, 11) is 0. The summed E-state index contributed by atoms with van der Waals surface area (Å²) in [6, 6.07) is -0.493. The van der Waals surface area contributed by atoms with Crippen molar-refractivity contribution < 1.29 is 9.63 Å². The standard InChI is InChI=1S/C9H20N2O2/c1-6(2)5-13-11-9(12)8(10)7(3)4/h6-8H,5,10H2,1-4H3,(H,11,12)/t8-/m1/s1. The van der Waals surface area contributed by atoms with Crippen LogP contribution in [0.2, 0.25) is 0 Å². The summed E-state index contributed by atoms with van der Waals surface area (Å²) in [5.74, 6) is 0.272. The molecule has 4 nitrogen and oxygen atoms in total. The van der Waals surface area contributed by atoms with E-state index >= 15 is 0 Å². The normalized spacial score (nSPS) is 13.5. The second-order valence-corrected chi connectivity index (χ2v) is 3.94. The van der Waals surface area contributed by atoms with Crippen LogP contribution in [0.5, 0.6) is 0 Å². The van der Waals surface area contributed by atoms with Crippen molar-refractivity contribution in [3.8, 4) is 0 Å². The summed E-state index contributed by atoms with van der Waals surface area (Å²) in [6.45, 7) is 8.32. The zero-order valence-electron chi connectivity index (χ0n) is 8.83. The van der Waals surface area contributed by atoms with Gasteiger partial charge in [-0.25, -0.2) is 5.48 Å². The molecule has 0 rings (SSSR count). The molecule has 3 N–H and O–H groups in total. The monoisotopic (exact) mass is 188 g/mol. The van der Waals surface area contributed by atoms with Crippen molar-refractivity contribution in [1.29, 1.82) is 0 Å². The van der Waals surface area contributed by atoms with Gasteiger partial charge in [0.2, 0.25) is 0 Å². The van der Waals surface area contributed by atoms with Gasteiger partial charge in [0.05, 0.1) is 12.6 Å². The zero-order chi connectivity index (χ0) is 10.4. The molecule has 0 fully saturated rings. The van der Waals surface area contributed by atoms with Gasteiger partial charge < -0.3 is 5.73 Å². The molecule has 0 saturated carbocycles. The lowest BCUT2D eigenvalue weighted by molar-refractivity contribution is -0.136. The minimum absolute atomic E-state index is 0.127. The van der Waals surface area contributed by atoms with Gasteiger partial charge in [-0.05, 0) is 11.8 Å². The van der Waals surface area contributed by atoms with Crippen molar-refractivity contribution in [3.05, 3.63) is 0 Å². The van der Waals surface area contributed by atoms with Crippen LogP contribution in [-0.4, -0.2) is 18.6 Å². The van der Waals surface area contributed by atoms with E-state index in [-0.39, 0.29) is 11.8 Å². The van der Waals surface area contributed by atoms with Crippen LogP contribution in [0.4, 0.5) is 0 Å². The first-order valence-corrected chi connectivity index (χ1v) is 4.62. The number of carbonyl (C=O) groups is 1. The number of hydroxylamine groups is 1. The fourth-order valence-corrected chi connectivity index (χ4v) is 0.650. The summed E-state index contributed by atoms with van der Waals surface area (Å²) in [6.07, 6.45) is 0. The van der Waals surface area contributed by atoms with Crippen LogP contribution in [0.3, 0.4) is 0 Å². The smallest absolute Gasteiger partial charge is 0.260 e. The van der Waals surface area contributed by atoms with E-state index in [1.807, 2.05) is 27.7 Å². The van der Waals surface area contributed by atoms with Gasteiger partial charge in [0.1, 0.15) is 0 Å². The molecule has 0 aliphatic rings. The van der Waals surface area contributed by atoms with Crippen LogP contribution in [0.25, 0.3) is 0 Å². The van der Waals surface area contributed by atoms with E-state index in [4.69, 9.17) is 10.6 Å². The fraction of sp³-hybridized carbons (Fsp3) is 0.889. The van der Waals surface area contributed by atoms with Gasteiger partial charge in [-0.3, -0.25) is 9.63 Å². The molecule has 0 radical (unpaired) electrons. The van der Waals surface area contributed by atoms with E-state index in [0.717, 1.165) is 0 Å². The molecule has 1 atom stereocenters. The summed E-state index contributed by atoms with van der Waals surface area (Å²) in [5.41, 5.74) is 7.92. The molecule has 0 aliphatic heterocycles. The molecule has 0 saturated heterocycles. The molecule has 1 amide bonds. The molecule has 0 aromatic carbocycles. The Hall–Kier alpha value is -0.610. The third kappa shape index (κ3) is 5.60. The van der Waals surface area contributed by atoms with Crippen LogP contribution < -0.4 is 11.2 Å². The molecule has 4 heteroatoms. The van der Waals surface area contributed by atoms with Gasteiger partial charge in [0.15, 0.2) is 0 Å². The highest BCUT2D eigenvalue weighted by Crippen LogP contribution is 1.98. The van der Waals surface area contributed by atoms with E-state index in [1.165, 1.54) is 0 Å². The molecule has 0 aromatic heterocycles. The number of hydrogen-bond donors (Lipinski definition) is 2. The van der Waals surface area contributed by atoms with E-state index in [1.54, 1.807) is 0 Å². The molecule has 0 aromatic rings. The van der Waals surface area contributed by atoms with Gasteiger partial charge >= 0.3 is 0 Å². The van der Waals surface area contributed by atoms with Gasteiger partial charge in [0.25, 0.3) is 5.91 Å². The largest absolute Gasteiger partial charge is 0.320 e. The second kappa shape index (κ2) is 5.94. The molecule has 78 valence electrons. The second-order valence-electron chi connectivity index (χ2n) is 3.94. The Morgan fingerprint density at radius 2 is 1.92 bits per heavy atom. The Labute approximate surface area is 79.8 Å². The Balaban J connectivity index is 3.62. The number of nitrogens with one attached hydrogen (secondary N) is 1. The van der Waals surface area contributed by atoms with Crippen LogP contribution in [0, 0.1) is 11.8 Å². The molecular weight excluding hydrogens is 168 g/mol. The SMILES string of the molecule is CC(C)CONC(=O)[C@H](N)C(C)C. The third-order valence-electron chi connectivity index (χ3n) is 1.61. The van der Waals surface area contributed by atoms with Gasteiger partial charge in [-0.1, -0.05) is 27.7 Å². The minimum atomic E-state index is -0.493. The third-order valence-corrected chi connectivity index (χ3v) is 1.61. The van der Waals surface area contributed by atoms with Crippen molar-refractivity contribution >= 4 is 5.91 Å². The van der Waals surface area contributed by atoms with Crippen LogP contribution in [-0.2, 0) is 9.63 Å². The lowest BCUT2D eigenvalue weighted by Crippen LogP contribution is -2.44. The molecule has 0 aliphatic carbocycles. The van der Waals surface area contributed by atoms with Gasteiger partial charge in [-0.15, -0.1) is 0 Å². The number of nitrogens with two attached hydrogens (primary N) is 1. The summed E-state index contributed by atoms with van der Waals surface area (Å²) in [5, 5.41) is 0. The number of amides is 1. The quantitative estimate of drug-likeness (QED) is 0.623. The van der Waals surface area contributed by atoms with Crippen LogP contribution >= 0.6 is 0 Å². The predicted molar refractivity (Wildman–Crippen MR) is 51.7 cm³/mol. The van der Waals surface area contributed by atoms with Crippen molar-refractivity contribution in [2.45, 2.75) is 33.7 Å². The first-order chi connectivity index (χ1) is 5.95. The van der Waals surface area contributed by atoms with Crippen molar-refractivity contribution in [3.63, 3.8) is 0 Å². The van der Waals surface area contributed by atoms with Gasteiger partial charge in [-0.2, -0.15) is 0 Å². The van der Waals surface area contributed by atoms with E-state index in [0.29, 0.717) is 12.5 Å². The highest BCUT2D eigenvalue weighted by atomic mass is 16.7. The maximum absolute atomic E-state index is 11.2. The molecule has 0 unspecified atom stereocenters. The number of hydrogen-bond acceptors (Lipinski definition) is 3. The number of rotatable bonds is 5. The van der Waals surface area contributed by atoms with E-state index < -0.39 is 6.04 Å². The summed E-state index contributed by atoms with van der Waals surface area (Å²) >= 11 is 0. The Morgan fingerprint density at radius 1 is 1.38 bits per heavy atom. The average molecular weight is 188 g/mol. The average Bonchev–Trinajstić information content (AvgIpc) is 2.02. The first-order valence-electron chi connectivity index (χ1n) is 4.62. The van der Waals surface area contributed by atoms with Crippen molar-refractivity contribution in [1.82, 2.24) is 5.48 Å². The molecule has 0 heterocycles. The Kier molecular flexibility index (Phi) is 5.66. The fourth-order valence-electron chi connectivity index (χ4n) is 0.650. The van der Waals surface area contributed by atoms with Crippen LogP contribution in [0.15, 0.2) is 0 Å². The lowest BCUT2D eigenvalue weighted by Gasteiger charge is -2.15. The number of carbonyl (C=O) groups excluding carboxylic acids is 1. The van der Waals surface area contributed by atoms with Crippen LogP contribution in [0.1, 0.15) is 27.7 Å². The van der Waals surface area contributed by atoms with Crippen molar-refractivity contribution in [2.75, 3.05) is 6.61 Å². The topological polar surface area (TPSA) is 64.3 Å². The van der Waals surface area contributed by atoms with E-state index in [2.05, 4.69) is 5.48 Å². The zero-order valence-corrected chi connectivity index (χ0v) is 8.83. The highest BCUT2D eigenvalue weighted by molar-refractivity contribution is 5.80.